The first-order valence-corrected chi connectivity index (χ1v) is 12.2. The lowest BCUT2D eigenvalue weighted by Gasteiger charge is -2.24. The molecule has 4 rings (SSSR count). The summed E-state index contributed by atoms with van der Waals surface area (Å²) < 4.78 is 0. The van der Waals surface area contributed by atoms with Crippen LogP contribution in [0.25, 0.3) is 11.0 Å². The molecule has 1 aliphatic rings. The second-order valence-electron chi connectivity index (χ2n) is 6.98. The van der Waals surface area contributed by atoms with Gasteiger partial charge in [0.05, 0.1) is 28.0 Å². The predicted octanol–water partition coefficient (Wildman–Crippen LogP) is 4.63. The van der Waals surface area contributed by atoms with Gasteiger partial charge in [-0.1, -0.05) is 23.7 Å². The summed E-state index contributed by atoms with van der Waals surface area (Å²) in [4.78, 5) is 34.1. The number of imidazole rings is 1. The SMILES string of the molecule is CSCC[C@H](NC(=O)C[C@H]1Sc2ccc(Cl)cc2NC1=O)c1nc2ccccc2[nH]1. The van der Waals surface area contributed by atoms with Gasteiger partial charge in [-0.3, -0.25) is 9.59 Å². The molecule has 9 heteroatoms. The summed E-state index contributed by atoms with van der Waals surface area (Å²) >= 11 is 9.10. The van der Waals surface area contributed by atoms with Crippen molar-refractivity contribution in [3.63, 3.8) is 0 Å². The summed E-state index contributed by atoms with van der Waals surface area (Å²) in [6.45, 7) is 0. The molecule has 0 aliphatic carbocycles. The highest BCUT2D eigenvalue weighted by Gasteiger charge is 2.30. The number of halogens is 1. The summed E-state index contributed by atoms with van der Waals surface area (Å²) in [5, 5.41) is 5.99. The fourth-order valence-electron chi connectivity index (χ4n) is 3.33. The third-order valence-electron chi connectivity index (χ3n) is 4.82. The molecule has 156 valence electrons. The monoisotopic (exact) mass is 460 g/mol. The van der Waals surface area contributed by atoms with E-state index in [4.69, 9.17) is 11.6 Å². The van der Waals surface area contributed by atoms with Gasteiger partial charge in [-0.25, -0.2) is 4.98 Å². The first-order valence-electron chi connectivity index (χ1n) is 9.53. The Morgan fingerprint density at radius 2 is 2.17 bits per heavy atom. The number of aromatic nitrogens is 2. The highest BCUT2D eigenvalue weighted by molar-refractivity contribution is 8.01. The summed E-state index contributed by atoms with van der Waals surface area (Å²) in [6.07, 6.45) is 2.87. The number of aromatic amines is 1. The Balaban J connectivity index is 1.46. The summed E-state index contributed by atoms with van der Waals surface area (Å²) in [5.74, 6) is 1.26. The summed E-state index contributed by atoms with van der Waals surface area (Å²) in [5.41, 5.74) is 2.50. The maximum atomic E-state index is 12.8. The van der Waals surface area contributed by atoms with E-state index in [-0.39, 0.29) is 24.3 Å². The van der Waals surface area contributed by atoms with Crippen molar-refractivity contribution in [3.05, 3.63) is 53.3 Å². The van der Waals surface area contributed by atoms with E-state index in [1.165, 1.54) is 11.8 Å². The van der Waals surface area contributed by atoms with Gasteiger partial charge in [-0.05, 0) is 48.8 Å². The maximum Gasteiger partial charge on any atom is 0.238 e. The van der Waals surface area contributed by atoms with Gasteiger partial charge in [-0.15, -0.1) is 11.8 Å². The van der Waals surface area contributed by atoms with Crippen LogP contribution in [0.2, 0.25) is 5.02 Å². The number of anilines is 1. The van der Waals surface area contributed by atoms with Gasteiger partial charge in [0.25, 0.3) is 0 Å². The number of amides is 2. The molecule has 2 aromatic carbocycles. The van der Waals surface area contributed by atoms with Gasteiger partial charge in [0, 0.05) is 16.3 Å². The molecule has 0 saturated heterocycles. The number of carbonyl (C=O) groups is 2. The normalized spacial score (nSPS) is 16.7. The molecule has 0 radical (unpaired) electrons. The molecule has 0 spiro atoms. The zero-order valence-electron chi connectivity index (χ0n) is 16.3. The second-order valence-corrected chi connectivity index (χ2v) is 9.65. The molecule has 3 N–H and O–H groups in total. The van der Waals surface area contributed by atoms with Gasteiger partial charge >= 0.3 is 0 Å². The van der Waals surface area contributed by atoms with Crippen molar-refractivity contribution in [3.8, 4) is 0 Å². The van der Waals surface area contributed by atoms with Crippen LogP contribution in [0.5, 0.6) is 0 Å². The van der Waals surface area contributed by atoms with Crippen molar-refractivity contribution in [1.29, 1.82) is 0 Å². The lowest BCUT2D eigenvalue weighted by Crippen LogP contribution is -2.36. The van der Waals surface area contributed by atoms with Crippen LogP contribution in [0.15, 0.2) is 47.4 Å². The number of nitrogens with zero attached hydrogens (tertiary/aromatic N) is 1. The standard InChI is InChI=1S/C21H21ClN4O2S2/c1-29-9-8-15(20-24-13-4-2-3-5-14(13)25-20)23-19(27)11-18-21(28)26-16-10-12(22)6-7-17(16)30-18/h2-7,10,15,18H,8-9,11H2,1H3,(H,23,27)(H,24,25)(H,26,28)/t15-,18+/m0/s1. The zero-order chi connectivity index (χ0) is 21.1. The largest absolute Gasteiger partial charge is 0.346 e. The third-order valence-corrected chi connectivity index (χ3v) is 6.97. The number of para-hydroxylation sites is 2. The van der Waals surface area contributed by atoms with Crippen LogP contribution < -0.4 is 10.6 Å². The van der Waals surface area contributed by atoms with Crippen molar-refractivity contribution in [2.75, 3.05) is 17.3 Å². The quantitative estimate of drug-likeness (QED) is 0.478. The molecule has 0 fully saturated rings. The van der Waals surface area contributed by atoms with Crippen molar-refractivity contribution in [2.24, 2.45) is 0 Å². The Labute approximate surface area is 187 Å². The molecule has 0 unspecified atom stereocenters. The predicted molar refractivity (Wildman–Crippen MR) is 124 cm³/mol. The van der Waals surface area contributed by atoms with Crippen molar-refractivity contribution in [2.45, 2.75) is 29.0 Å². The van der Waals surface area contributed by atoms with E-state index in [0.29, 0.717) is 10.7 Å². The molecule has 2 atom stereocenters. The van der Waals surface area contributed by atoms with E-state index in [2.05, 4.69) is 20.6 Å². The Kier molecular flexibility index (Phi) is 6.55. The van der Waals surface area contributed by atoms with E-state index < -0.39 is 5.25 Å². The molecule has 3 aromatic rings. The van der Waals surface area contributed by atoms with Crippen molar-refractivity contribution >= 4 is 63.7 Å². The topological polar surface area (TPSA) is 86.9 Å². The number of carbonyl (C=O) groups excluding carboxylic acids is 2. The lowest BCUT2D eigenvalue weighted by molar-refractivity contribution is -0.124. The first-order chi connectivity index (χ1) is 14.5. The van der Waals surface area contributed by atoms with E-state index in [1.54, 1.807) is 23.9 Å². The highest BCUT2D eigenvalue weighted by atomic mass is 35.5. The van der Waals surface area contributed by atoms with Gasteiger partial charge < -0.3 is 15.6 Å². The van der Waals surface area contributed by atoms with E-state index >= 15 is 0 Å². The highest BCUT2D eigenvalue weighted by Crippen LogP contribution is 2.38. The van der Waals surface area contributed by atoms with E-state index in [0.717, 1.165) is 33.9 Å². The molecule has 1 aliphatic heterocycles. The molecule has 2 amide bonds. The van der Waals surface area contributed by atoms with Crippen LogP contribution in [-0.4, -0.2) is 39.0 Å². The van der Waals surface area contributed by atoms with Crippen LogP contribution in [-0.2, 0) is 9.59 Å². The smallest absolute Gasteiger partial charge is 0.238 e. The summed E-state index contributed by atoms with van der Waals surface area (Å²) in [7, 11) is 0. The van der Waals surface area contributed by atoms with Crippen LogP contribution >= 0.6 is 35.1 Å². The summed E-state index contributed by atoms with van der Waals surface area (Å²) in [6, 6.07) is 12.9. The van der Waals surface area contributed by atoms with Crippen molar-refractivity contribution in [1.82, 2.24) is 15.3 Å². The number of benzene rings is 2. The number of hydrogen-bond acceptors (Lipinski definition) is 5. The van der Waals surface area contributed by atoms with Gasteiger partial charge in [0.1, 0.15) is 5.82 Å². The zero-order valence-corrected chi connectivity index (χ0v) is 18.7. The number of nitrogens with one attached hydrogen (secondary N) is 3. The number of rotatable bonds is 7. The number of H-pyrrole nitrogens is 1. The molecule has 1 aromatic heterocycles. The van der Waals surface area contributed by atoms with Gasteiger partial charge in [0.2, 0.25) is 11.8 Å². The molecule has 0 saturated carbocycles. The number of fused-ring (bicyclic) bond motifs is 2. The van der Waals surface area contributed by atoms with E-state index in [9.17, 15) is 9.59 Å². The maximum absolute atomic E-state index is 12.8. The molecule has 0 bridgehead atoms. The van der Waals surface area contributed by atoms with Crippen LogP contribution in [0, 0.1) is 0 Å². The fraction of sp³-hybridized carbons (Fsp3) is 0.286. The minimum absolute atomic E-state index is 0.0918. The molecular weight excluding hydrogens is 440 g/mol. The Morgan fingerprint density at radius 1 is 1.33 bits per heavy atom. The van der Waals surface area contributed by atoms with Crippen LogP contribution in [0.1, 0.15) is 24.7 Å². The molecule has 6 nitrogen and oxygen atoms in total. The van der Waals surface area contributed by atoms with E-state index in [1.807, 2.05) is 36.6 Å². The number of thioether (sulfide) groups is 2. The molecule has 30 heavy (non-hydrogen) atoms. The Hall–Kier alpha value is -2.16. The lowest BCUT2D eigenvalue weighted by atomic mass is 10.2. The van der Waals surface area contributed by atoms with Crippen molar-refractivity contribution < 1.29 is 9.59 Å². The average Bonchev–Trinajstić information content (AvgIpc) is 3.16. The molecule has 2 heterocycles. The number of hydrogen-bond donors (Lipinski definition) is 3. The Bertz CT molecular complexity index is 1050. The minimum atomic E-state index is -0.490. The van der Waals surface area contributed by atoms with Gasteiger partial charge in [0.15, 0.2) is 0 Å². The average molecular weight is 461 g/mol. The fourth-order valence-corrected chi connectivity index (χ4v) is 5.06. The third kappa shape index (κ3) is 4.77. The first kappa shape index (κ1) is 21.1. The minimum Gasteiger partial charge on any atom is -0.346 e. The molecular formula is C21H21ClN4O2S2. The van der Waals surface area contributed by atoms with Crippen LogP contribution in [0.4, 0.5) is 5.69 Å². The second kappa shape index (κ2) is 9.32. The Morgan fingerprint density at radius 3 is 2.97 bits per heavy atom. The van der Waals surface area contributed by atoms with Crippen LogP contribution in [0.3, 0.4) is 0 Å². The van der Waals surface area contributed by atoms with Gasteiger partial charge in [-0.2, -0.15) is 11.8 Å².